The Morgan fingerprint density at radius 1 is 1.33 bits per heavy atom. The fraction of sp³-hybridized carbons (Fsp3) is 0.556. The van der Waals surface area contributed by atoms with Gasteiger partial charge < -0.3 is 0 Å². The minimum Gasteiger partial charge on any atom is -0.0847 e. The average molecular weight is 124 g/mol. The zero-order chi connectivity index (χ0) is 7.28. The monoisotopic (exact) mass is 124 g/mol. The lowest BCUT2D eigenvalue weighted by atomic mass is 10.1. The van der Waals surface area contributed by atoms with Crippen molar-refractivity contribution in [2.24, 2.45) is 5.92 Å². The van der Waals surface area contributed by atoms with Gasteiger partial charge in [0.05, 0.1) is 0 Å². The summed E-state index contributed by atoms with van der Waals surface area (Å²) < 4.78 is 0. The van der Waals surface area contributed by atoms with Crippen molar-refractivity contribution in [3.8, 4) is 0 Å². The van der Waals surface area contributed by atoms with Gasteiger partial charge in [-0.2, -0.15) is 0 Å². The Morgan fingerprint density at radius 3 is 2.22 bits per heavy atom. The van der Waals surface area contributed by atoms with Crippen LogP contribution in [0.25, 0.3) is 0 Å². The van der Waals surface area contributed by atoms with Gasteiger partial charge in [0.2, 0.25) is 0 Å². The second kappa shape index (κ2) is 4.37. The topological polar surface area (TPSA) is 0 Å². The molecular weight excluding hydrogens is 108 g/mol. The Labute approximate surface area is 58.3 Å². The van der Waals surface area contributed by atoms with E-state index in [0.717, 1.165) is 0 Å². The molecule has 0 radical (unpaired) electrons. The second-order valence-corrected chi connectivity index (χ2v) is 2.64. The second-order valence-electron chi connectivity index (χ2n) is 2.64. The van der Waals surface area contributed by atoms with E-state index in [0.29, 0.717) is 5.92 Å². The summed E-state index contributed by atoms with van der Waals surface area (Å²) in [5, 5.41) is 0. The van der Waals surface area contributed by atoms with Crippen LogP contribution in [0.15, 0.2) is 23.8 Å². The molecule has 0 aromatic heterocycles. The molecule has 0 amide bonds. The third kappa shape index (κ3) is 5.35. The molecule has 0 atom stereocenters. The van der Waals surface area contributed by atoms with Gasteiger partial charge in [0.15, 0.2) is 0 Å². The summed E-state index contributed by atoms with van der Waals surface area (Å²) in [6.07, 6.45) is 6.47. The van der Waals surface area contributed by atoms with Crippen molar-refractivity contribution in [3.63, 3.8) is 0 Å². The van der Waals surface area contributed by atoms with Gasteiger partial charge in [-0.05, 0) is 19.8 Å². The van der Waals surface area contributed by atoms with E-state index >= 15 is 0 Å². The molecule has 0 saturated carbocycles. The molecule has 0 bridgehead atoms. The van der Waals surface area contributed by atoms with Gasteiger partial charge in [0.25, 0.3) is 0 Å². The molecule has 0 aliphatic rings. The summed E-state index contributed by atoms with van der Waals surface area (Å²) >= 11 is 0. The van der Waals surface area contributed by atoms with Gasteiger partial charge in [-0.15, -0.1) is 0 Å². The maximum Gasteiger partial charge on any atom is -0.0287 e. The first kappa shape index (κ1) is 8.48. The summed E-state index contributed by atoms with van der Waals surface area (Å²) in [4.78, 5) is 0. The minimum atomic E-state index is 0.667. The highest BCUT2D eigenvalue weighted by atomic mass is 13.9. The van der Waals surface area contributed by atoms with E-state index in [9.17, 15) is 0 Å². The van der Waals surface area contributed by atoms with Crippen molar-refractivity contribution in [2.75, 3.05) is 0 Å². The van der Waals surface area contributed by atoms with Crippen LogP contribution in [0, 0.1) is 5.92 Å². The summed E-state index contributed by atoms with van der Waals surface area (Å²) in [7, 11) is 0. The standard InChI is InChI=1S/C9H16/c1-5-9(4)7-6-8(2)3/h5-8H,1-4H3/b7-6-,9-5+. The SMILES string of the molecule is C/C=C(C)/C=C\C(C)C. The summed E-state index contributed by atoms with van der Waals surface area (Å²) in [5.41, 5.74) is 1.34. The van der Waals surface area contributed by atoms with E-state index in [-0.39, 0.29) is 0 Å². The molecule has 0 aromatic rings. The largest absolute Gasteiger partial charge is 0.0847 e. The first-order valence-corrected chi connectivity index (χ1v) is 3.48. The molecule has 9 heavy (non-hydrogen) atoms. The fourth-order valence-corrected chi connectivity index (χ4v) is 0.440. The molecule has 0 spiro atoms. The number of hydrogen-bond acceptors (Lipinski definition) is 0. The third-order valence-corrected chi connectivity index (χ3v) is 1.20. The highest BCUT2D eigenvalue weighted by molar-refractivity contribution is 5.14. The normalized spacial score (nSPS) is 13.7. The van der Waals surface area contributed by atoms with Crippen LogP contribution in [0.5, 0.6) is 0 Å². The Hall–Kier alpha value is -0.520. The van der Waals surface area contributed by atoms with Crippen LogP contribution < -0.4 is 0 Å². The molecule has 0 aliphatic carbocycles. The van der Waals surface area contributed by atoms with Crippen molar-refractivity contribution < 1.29 is 0 Å². The molecule has 52 valence electrons. The third-order valence-electron chi connectivity index (χ3n) is 1.20. The Balaban J connectivity index is 3.71. The molecule has 0 rings (SSSR count). The molecule has 0 heteroatoms. The number of rotatable bonds is 2. The van der Waals surface area contributed by atoms with Crippen LogP contribution in [-0.4, -0.2) is 0 Å². The maximum atomic E-state index is 2.20. The zero-order valence-corrected chi connectivity index (χ0v) is 6.81. The lowest BCUT2D eigenvalue weighted by Crippen LogP contribution is -1.76. The quantitative estimate of drug-likeness (QED) is 0.496. The van der Waals surface area contributed by atoms with Gasteiger partial charge >= 0.3 is 0 Å². The van der Waals surface area contributed by atoms with Gasteiger partial charge in [-0.1, -0.05) is 37.6 Å². The van der Waals surface area contributed by atoms with Gasteiger partial charge in [-0.25, -0.2) is 0 Å². The van der Waals surface area contributed by atoms with Crippen molar-refractivity contribution >= 4 is 0 Å². The first-order chi connectivity index (χ1) is 4.16. The highest BCUT2D eigenvalue weighted by Gasteiger charge is 1.82. The predicted molar refractivity (Wildman–Crippen MR) is 43.4 cm³/mol. The maximum absolute atomic E-state index is 2.20. The number of hydrogen-bond donors (Lipinski definition) is 0. The van der Waals surface area contributed by atoms with E-state index in [1.54, 1.807) is 0 Å². The Bertz CT molecular complexity index is 116. The first-order valence-electron chi connectivity index (χ1n) is 3.48. The van der Waals surface area contributed by atoms with E-state index < -0.39 is 0 Å². The van der Waals surface area contributed by atoms with E-state index in [2.05, 4.69) is 45.9 Å². The molecular formula is C9H16. The van der Waals surface area contributed by atoms with Crippen molar-refractivity contribution in [2.45, 2.75) is 27.7 Å². The summed E-state index contributed by atoms with van der Waals surface area (Å²) in [6.45, 7) is 8.53. The van der Waals surface area contributed by atoms with Gasteiger partial charge in [0.1, 0.15) is 0 Å². The Morgan fingerprint density at radius 2 is 1.89 bits per heavy atom. The zero-order valence-electron chi connectivity index (χ0n) is 6.81. The average Bonchev–Trinajstić information content (AvgIpc) is 1.83. The molecule has 0 N–H and O–H groups in total. The van der Waals surface area contributed by atoms with Crippen LogP contribution in [0.3, 0.4) is 0 Å². The predicted octanol–water partition coefficient (Wildman–Crippen LogP) is 3.16. The Kier molecular flexibility index (Phi) is 4.12. The molecule has 0 unspecified atom stereocenters. The lowest BCUT2D eigenvalue weighted by molar-refractivity contribution is 0.831. The van der Waals surface area contributed by atoms with Crippen LogP contribution in [0.4, 0.5) is 0 Å². The smallest absolute Gasteiger partial charge is 0.0287 e. The van der Waals surface area contributed by atoms with E-state index in [1.807, 2.05) is 0 Å². The molecule has 0 aliphatic heterocycles. The van der Waals surface area contributed by atoms with Gasteiger partial charge in [0, 0.05) is 0 Å². The fourth-order valence-electron chi connectivity index (χ4n) is 0.440. The lowest BCUT2D eigenvalue weighted by Gasteiger charge is -1.92. The van der Waals surface area contributed by atoms with Crippen molar-refractivity contribution in [1.29, 1.82) is 0 Å². The van der Waals surface area contributed by atoms with Crippen LogP contribution >= 0.6 is 0 Å². The van der Waals surface area contributed by atoms with Crippen molar-refractivity contribution in [1.82, 2.24) is 0 Å². The number of allylic oxidation sites excluding steroid dienone is 4. The van der Waals surface area contributed by atoms with Crippen LogP contribution in [0.1, 0.15) is 27.7 Å². The molecule has 0 heterocycles. The van der Waals surface area contributed by atoms with Gasteiger partial charge in [-0.3, -0.25) is 0 Å². The van der Waals surface area contributed by atoms with Crippen LogP contribution in [0.2, 0.25) is 0 Å². The summed E-state index contributed by atoms with van der Waals surface area (Å²) in [6, 6.07) is 0. The minimum absolute atomic E-state index is 0.667. The van der Waals surface area contributed by atoms with E-state index in [4.69, 9.17) is 0 Å². The summed E-state index contributed by atoms with van der Waals surface area (Å²) in [5.74, 6) is 0.667. The molecule has 0 aromatic carbocycles. The molecule has 0 nitrogen and oxygen atoms in total. The molecule has 0 saturated heterocycles. The highest BCUT2D eigenvalue weighted by Crippen LogP contribution is 1.99. The molecule has 0 fully saturated rings. The van der Waals surface area contributed by atoms with Crippen molar-refractivity contribution in [3.05, 3.63) is 23.8 Å². The van der Waals surface area contributed by atoms with Crippen LogP contribution in [-0.2, 0) is 0 Å². The van der Waals surface area contributed by atoms with E-state index in [1.165, 1.54) is 5.57 Å².